The number of hydrogen-bond acceptors (Lipinski definition) is 3. The molecule has 92 valence electrons. The van der Waals surface area contributed by atoms with E-state index in [1.807, 2.05) is 0 Å². The van der Waals surface area contributed by atoms with Crippen LogP contribution in [0.2, 0.25) is 10.0 Å². The van der Waals surface area contributed by atoms with Gasteiger partial charge in [-0.05, 0) is 30.3 Å². The van der Waals surface area contributed by atoms with Crippen LogP contribution < -0.4 is 4.74 Å². The third kappa shape index (κ3) is 3.22. The van der Waals surface area contributed by atoms with Gasteiger partial charge in [-0.15, -0.1) is 0 Å². The Morgan fingerprint density at radius 1 is 1.11 bits per heavy atom. The number of benzene rings is 1. The minimum absolute atomic E-state index is 0.0904. The summed E-state index contributed by atoms with van der Waals surface area (Å²) in [5.74, 6) is 0.940. The van der Waals surface area contributed by atoms with E-state index in [4.69, 9.17) is 27.9 Å². The molecule has 0 spiro atoms. The number of ether oxygens (including phenoxy) is 1. The van der Waals surface area contributed by atoms with Crippen LogP contribution in [-0.4, -0.2) is 10.8 Å². The Bertz CT molecular complexity index is 562. The van der Waals surface area contributed by atoms with Gasteiger partial charge in [0.25, 0.3) is 0 Å². The van der Waals surface area contributed by atoms with Crippen molar-refractivity contribution in [1.82, 2.24) is 4.98 Å². The van der Waals surface area contributed by atoms with E-state index in [9.17, 15) is 4.79 Å². The van der Waals surface area contributed by atoms with Crippen LogP contribution in [0, 0.1) is 0 Å². The highest BCUT2D eigenvalue weighted by Crippen LogP contribution is 2.27. The number of nitrogens with zero attached hydrogens (tertiary/aromatic N) is 1. The summed E-state index contributed by atoms with van der Waals surface area (Å²) in [7, 11) is 0. The predicted octanol–water partition coefficient (Wildman–Crippen LogP) is 4.38. The molecule has 0 saturated heterocycles. The molecule has 0 aliphatic heterocycles. The SMILES string of the molecule is CC(=O)c1ccc(Oc2cc(Cl)cc(Cl)c2)cn1. The largest absolute Gasteiger partial charge is 0.456 e. The fourth-order valence-corrected chi connectivity index (χ4v) is 1.88. The van der Waals surface area contributed by atoms with E-state index in [-0.39, 0.29) is 5.78 Å². The molecule has 3 nitrogen and oxygen atoms in total. The van der Waals surface area contributed by atoms with Gasteiger partial charge in [0.2, 0.25) is 0 Å². The van der Waals surface area contributed by atoms with Crippen LogP contribution in [0.15, 0.2) is 36.5 Å². The van der Waals surface area contributed by atoms with E-state index in [0.717, 1.165) is 0 Å². The maximum atomic E-state index is 11.1. The van der Waals surface area contributed by atoms with Crippen molar-refractivity contribution in [3.8, 4) is 11.5 Å². The zero-order chi connectivity index (χ0) is 13.1. The van der Waals surface area contributed by atoms with Crippen LogP contribution in [0.5, 0.6) is 11.5 Å². The first-order valence-corrected chi connectivity index (χ1v) is 5.91. The van der Waals surface area contributed by atoms with Crippen molar-refractivity contribution in [2.24, 2.45) is 0 Å². The van der Waals surface area contributed by atoms with E-state index in [1.54, 1.807) is 30.3 Å². The lowest BCUT2D eigenvalue weighted by Crippen LogP contribution is -1.95. The zero-order valence-corrected chi connectivity index (χ0v) is 11.0. The van der Waals surface area contributed by atoms with Crippen molar-refractivity contribution in [1.29, 1.82) is 0 Å². The fourth-order valence-electron chi connectivity index (χ4n) is 1.37. The smallest absolute Gasteiger partial charge is 0.178 e. The van der Waals surface area contributed by atoms with Gasteiger partial charge in [-0.3, -0.25) is 4.79 Å². The average molecular weight is 282 g/mol. The quantitative estimate of drug-likeness (QED) is 0.784. The number of halogens is 2. The first kappa shape index (κ1) is 12.9. The molecule has 0 fully saturated rings. The highest BCUT2D eigenvalue weighted by molar-refractivity contribution is 6.34. The van der Waals surface area contributed by atoms with Crippen molar-refractivity contribution >= 4 is 29.0 Å². The highest BCUT2D eigenvalue weighted by atomic mass is 35.5. The van der Waals surface area contributed by atoms with Crippen LogP contribution in [0.4, 0.5) is 0 Å². The molecule has 0 aliphatic carbocycles. The molecular weight excluding hydrogens is 273 g/mol. The van der Waals surface area contributed by atoms with Gasteiger partial charge in [0, 0.05) is 17.0 Å². The molecule has 1 aromatic carbocycles. The molecule has 0 amide bonds. The zero-order valence-electron chi connectivity index (χ0n) is 9.48. The summed E-state index contributed by atoms with van der Waals surface area (Å²) in [6.07, 6.45) is 1.48. The van der Waals surface area contributed by atoms with E-state index < -0.39 is 0 Å². The van der Waals surface area contributed by atoms with Crippen LogP contribution in [0.1, 0.15) is 17.4 Å². The fraction of sp³-hybridized carbons (Fsp3) is 0.0769. The summed E-state index contributed by atoms with van der Waals surface area (Å²) < 4.78 is 5.53. The number of ketones is 1. The van der Waals surface area contributed by atoms with Gasteiger partial charge in [0.1, 0.15) is 17.2 Å². The molecule has 0 N–H and O–H groups in total. The van der Waals surface area contributed by atoms with Gasteiger partial charge in [-0.1, -0.05) is 23.2 Å². The number of Topliss-reactive ketones (excluding diaryl/α,β-unsaturated/α-hetero) is 1. The number of aromatic nitrogens is 1. The van der Waals surface area contributed by atoms with Gasteiger partial charge < -0.3 is 4.74 Å². The van der Waals surface area contributed by atoms with Gasteiger partial charge in [-0.25, -0.2) is 4.98 Å². The molecule has 2 rings (SSSR count). The van der Waals surface area contributed by atoms with E-state index >= 15 is 0 Å². The summed E-state index contributed by atoms with van der Waals surface area (Å²) >= 11 is 11.7. The summed E-state index contributed by atoms with van der Waals surface area (Å²) in [5, 5.41) is 0.983. The minimum atomic E-state index is -0.0904. The molecule has 0 aliphatic rings. The molecule has 0 saturated carbocycles. The van der Waals surface area contributed by atoms with E-state index in [2.05, 4.69) is 4.98 Å². The normalized spacial score (nSPS) is 10.2. The summed E-state index contributed by atoms with van der Waals surface area (Å²) in [6.45, 7) is 1.46. The lowest BCUT2D eigenvalue weighted by Gasteiger charge is -2.06. The lowest BCUT2D eigenvalue weighted by atomic mass is 10.3. The Balaban J connectivity index is 2.20. The Kier molecular flexibility index (Phi) is 3.84. The van der Waals surface area contributed by atoms with Gasteiger partial charge >= 0.3 is 0 Å². The maximum Gasteiger partial charge on any atom is 0.178 e. The van der Waals surface area contributed by atoms with Gasteiger partial charge in [0.15, 0.2) is 5.78 Å². The minimum Gasteiger partial charge on any atom is -0.456 e. The van der Waals surface area contributed by atoms with Crippen LogP contribution >= 0.6 is 23.2 Å². The molecule has 0 unspecified atom stereocenters. The highest BCUT2D eigenvalue weighted by Gasteiger charge is 2.04. The van der Waals surface area contributed by atoms with Crippen molar-refractivity contribution in [3.63, 3.8) is 0 Å². The lowest BCUT2D eigenvalue weighted by molar-refractivity contribution is 0.101. The second kappa shape index (κ2) is 5.38. The molecule has 2 aromatic rings. The Morgan fingerprint density at radius 2 is 1.78 bits per heavy atom. The number of rotatable bonds is 3. The van der Waals surface area contributed by atoms with Gasteiger partial charge in [0.05, 0.1) is 6.20 Å². The van der Waals surface area contributed by atoms with Crippen molar-refractivity contribution in [2.45, 2.75) is 6.92 Å². The summed E-state index contributed by atoms with van der Waals surface area (Å²) in [4.78, 5) is 15.0. The first-order valence-electron chi connectivity index (χ1n) is 5.15. The van der Waals surface area contributed by atoms with E-state index in [1.165, 1.54) is 13.1 Å². The first-order chi connectivity index (χ1) is 8.54. The maximum absolute atomic E-state index is 11.1. The van der Waals surface area contributed by atoms with Crippen molar-refractivity contribution < 1.29 is 9.53 Å². The third-order valence-corrected chi connectivity index (χ3v) is 2.61. The molecule has 0 atom stereocenters. The second-order valence-corrected chi connectivity index (χ2v) is 4.52. The number of carbonyl (C=O) groups excluding carboxylic acids is 1. The molecule has 0 bridgehead atoms. The predicted molar refractivity (Wildman–Crippen MR) is 70.8 cm³/mol. The summed E-state index contributed by atoms with van der Waals surface area (Å²) in [5.41, 5.74) is 0.395. The number of hydrogen-bond donors (Lipinski definition) is 0. The standard InChI is InChI=1S/C13H9Cl2NO2/c1-8(17)13-3-2-11(7-16-13)18-12-5-9(14)4-10(15)6-12/h2-7H,1H3. The van der Waals surface area contributed by atoms with Crippen LogP contribution in [0.25, 0.3) is 0 Å². The molecule has 1 heterocycles. The van der Waals surface area contributed by atoms with Crippen LogP contribution in [0.3, 0.4) is 0 Å². The Hall–Kier alpha value is -1.58. The molecular formula is C13H9Cl2NO2. The third-order valence-electron chi connectivity index (χ3n) is 2.17. The Morgan fingerprint density at radius 3 is 2.28 bits per heavy atom. The monoisotopic (exact) mass is 281 g/mol. The molecule has 18 heavy (non-hydrogen) atoms. The number of carbonyl (C=O) groups is 1. The topological polar surface area (TPSA) is 39.2 Å². The van der Waals surface area contributed by atoms with Gasteiger partial charge in [-0.2, -0.15) is 0 Å². The average Bonchev–Trinajstić information content (AvgIpc) is 2.28. The molecule has 0 radical (unpaired) electrons. The van der Waals surface area contributed by atoms with E-state index in [0.29, 0.717) is 27.2 Å². The van der Waals surface area contributed by atoms with Crippen molar-refractivity contribution in [3.05, 3.63) is 52.3 Å². The summed E-state index contributed by atoms with van der Waals surface area (Å²) in [6, 6.07) is 8.17. The molecule has 5 heteroatoms. The van der Waals surface area contributed by atoms with Crippen molar-refractivity contribution in [2.75, 3.05) is 0 Å². The number of pyridine rings is 1. The van der Waals surface area contributed by atoms with Crippen LogP contribution in [-0.2, 0) is 0 Å². The molecule has 1 aromatic heterocycles. The second-order valence-electron chi connectivity index (χ2n) is 3.64. The Labute approximate surface area is 114 Å².